The minimum absolute atomic E-state index is 0.00144. The van der Waals surface area contributed by atoms with Crippen LogP contribution in [0, 0.1) is 24.7 Å². The van der Waals surface area contributed by atoms with Gasteiger partial charge in [0.15, 0.2) is 37.4 Å². The molecule has 0 saturated carbocycles. The molecule has 0 aliphatic carbocycles. The van der Waals surface area contributed by atoms with Crippen molar-refractivity contribution in [2.75, 3.05) is 21.3 Å². The second kappa shape index (κ2) is 29.9. The molecule has 0 saturated heterocycles. The summed E-state index contributed by atoms with van der Waals surface area (Å²) in [6.07, 6.45) is -2.65. The molecule has 6 aromatic carbocycles. The van der Waals surface area contributed by atoms with E-state index in [9.17, 15) is 19.2 Å². The number of nitrogens with one attached hydrogen (secondary N) is 4. The number of nitrogens with zero attached hydrogens (tertiary/aromatic N) is 1. The number of aryl methyl sites for hydroxylation is 1. The Morgan fingerprint density at radius 1 is 0.693 bits per heavy atom. The minimum atomic E-state index is -2.95. The van der Waals surface area contributed by atoms with Crippen molar-refractivity contribution in [3.8, 4) is 51.4 Å². The van der Waals surface area contributed by atoms with Crippen LogP contribution in [0.2, 0.25) is 28.2 Å². The van der Waals surface area contributed by atoms with Gasteiger partial charge in [0.25, 0.3) is 11.8 Å². The number of rotatable bonds is 14. The summed E-state index contributed by atoms with van der Waals surface area (Å²) in [5.74, 6) is -14.1. The fraction of sp³-hybridized carbons (Fsp3) is 0.387. The molecule has 0 spiro atoms. The van der Waals surface area contributed by atoms with Crippen LogP contribution in [-0.4, -0.2) is 106 Å². The second-order valence-corrected chi connectivity index (χ2v) is 33.4. The Morgan fingerprint density at radius 3 is 1.86 bits per heavy atom. The van der Waals surface area contributed by atoms with Crippen LogP contribution < -0.4 is 50.7 Å². The lowest BCUT2D eigenvalue weighted by atomic mass is 9.84. The average molecular weight is 1440 g/mol. The number of fused-ring (bicyclic) bond motifs is 16. The van der Waals surface area contributed by atoms with Crippen LogP contribution in [0.25, 0.3) is 11.1 Å². The van der Waals surface area contributed by atoms with E-state index in [0.717, 1.165) is 0 Å². The van der Waals surface area contributed by atoms with Gasteiger partial charge in [-0.05, 0) is 144 Å². The SMILES string of the molecule is CC[C@@H](CC(C)C)C(=O)N[C@H]1C(=O)C[C@@H](CC(N)=O)C(=O)N[C@H]2C(=O)C[C@H]3C(=O)N[C@H](C(=O)N[C@@H](C(=O)ON4C(=O)c5ccccc5C4=O)c4cc(C)cc(OC)c4-c4cc3ccc4OC)[C@H](C)c3ccc(c(Cl)c3)Oc3cc2cc(c3OC)Oc2ccc(cc2Cl)[C@H]1O[Si](C)(C)C(C)(C)C. The van der Waals surface area contributed by atoms with Gasteiger partial charge in [0.1, 0.15) is 41.1 Å². The number of imide groups is 1. The number of ketones is 2. The van der Waals surface area contributed by atoms with Gasteiger partial charge < -0.3 is 59.9 Å². The third-order valence-electron chi connectivity index (χ3n) is 19.4. The Labute approximate surface area is 596 Å². The molecule has 0 radical (unpaired) electrons. The van der Waals surface area contributed by atoms with Gasteiger partial charge in [-0.25, -0.2) is 4.79 Å². The monoisotopic (exact) mass is 1440 g/mol. The van der Waals surface area contributed by atoms with Gasteiger partial charge in [-0.1, -0.05) is 113 Å². The summed E-state index contributed by atoms with van der Waals surface area (Å²) in [5.41, 5.74) is 7.41. The third kappa shape index (κ3) is 15.4. The summed E-state index contributed by atoms with van der Waals surface area (Å²) in [6, 6.07) is 18.7. The van der Waals surface area contributed by atoms with E-state index in [-0.39, 0.29) is 95.2 Å². The summed E-state index contributed by atoms with van der Waals surface area (Å²) in [4.78, 5) is 156. The number of Topliss-reactive ketones (excluding diaryl/α,β-unsaturated/α-hetero) is 2. The van der Waals surface area contributed by atoms with Crippen LogP contribution in [0.15, 0.2) is 103 Å². The van der Waals surface area contributed by atoms with Gasteiger partial charge in [0.05, 0.1) is 60.4 Å². The van der Waals surface area contributed by atoms with Crippen molar-refractivity contribution < 1.29 is 80.9 Å². The number of halogens is 2. The molecule has 6 aliphatic rings. The highest BCUT2D eigenvalue weighted by atomic mass is 35.5. The fourth-order valence-corrected chi connectivity index (χ4v) is 14.7. The normalized spacial score (nSPS) is 21.2. The zero-order chi connectivity index (χ0) is 73.4. The number of amides is 7. The Bertz CT molecular complexity index is 4330. The third-order valence-corrected chi connectivity index (χ3v) is 24.5. The number of hydrogen-bond acceptors (Lipinski definition) is 17. The van der Waals surface area contributed by atoms with Gasteiger partial charge in [0.2, 0.25) is 35.3 Å². The van der Waals surface area contributed by atoms with Gasteiger partial charge >= 0.3 is 5.97 Å². The van der Waals surface area contributed by atoms with Crippen molar-refractivity contribution >= 4 is 90.4 Å². The summed E-state index contributed by atoms with van der Waals surface area (Å²) < 4.78 is 38.7. The molecular formula is C75H82Cl2N6O17Si. The Hall–Kier alpha value is -9.62. The minimum Gasteiger partial charge on any atom is -0.496 e. The molecule has 23 nitrogen and oxygen atoms in total. The van der Waals surface area contributed by atoms with Crippen LogP contribution in [0.3, 0.4) is 0 Å². The quantitative estimate of drug-likeness (QED) is 0.0500. The van der Waals surface area contributed by atoms with Gasteiger partial charge in [-0.3, -0.25) is 43.2 Å². The summed E-state index contributed by atoms with van der Waals surface area (Å²) in [7, 11) is 1.11. The second-order valence-electron chi connectivity index (χ2n) is 27.8. The van der Waals surface area contributed by atoms with Crippen molar-refractivity contribution in [2.45, 2.75) is 148 Å². The molecule has 101 heavy (non-hydrogen) atoms. The molecule has 12 rings (SSSR count). The van der Waals surface area contributed by atoms with E-state index in [0.29, 0.717) is 34.6 Å². The van der Waals surface area contributed by atoms with Crippen molar-refractivity contribution in [3.05, 3.63) is 158 Å². The first-order valence-electron chi connectivity index (χ1n) is 33.2. The fourth-order valence-electron chi connectivity index (χ4n) is 13.0. The summed E-state index contributed by atoms with van der Waals surface area (Å²) in [5, 5.41) is 11.3. The van der Waals surface area contributed by atoms with Crippen LogP contribution in [-0.2, 0) is 47.6 Å². The van der Waals surface area contributed by atoms with Crippen LogP contribution >= 0.6 is 23.2 Å². The molecule has 6 aromatic rings. The lowest BCUT2D eigenvalue weighted by molar-refractivity contribution is -0.172. The molecule has 6 N–H and O–H groups in total. The largest absolute Gasteiger partial charge is 0.496 e. The number of benzene rings is 6. The number of carbonyl (C=O) groups is 10. The predicted molar refractivity (Wildman–Crippen MR) is 376 cm³/mol. The molecule has 26 heteroatoms. The van der Waals surface area contributed by atoms with Crippen molar-refractivity contribution in [2.24, 2.45) is 23.5 Å². The Kier molecular flexibility index (Phi) is 21.9. The highest BCUT2D eigenvalue weighted by molar-refractivity contribution is 6.74. The highest BCUT2D eigenvalue weighted by Gasteiger charge is 2.47. The van der Waals surface area contributed by atoms with Crippen LogP contribution in [0.4, 0.5) is 0 Å². The Morgan fingerprint density at radius 2 is 1.30 bits per heavy atom. The van der Waals surface area contributed by atoms with E-state index in [1.165, 1.54) is 88.1 Å². The van der Waals surface area contributed by atoms with Crippen molar-refractivity contribution in [1.29, 1.82) is 0 Å². The zero-order valence-electron chi connectivity index (χ0n) is 58.3. The van der Waals surface area contributed by atoms with E-state index < -0.39 is 145 Å². The molecule has 9 atom stereocenters. The van der Waals surface area contributed by atoms with Gasteiger partial charge in [0, 0.05) is 42.2 Å². The number of ether oxygens (including phenoxy) is 5. The number of hydrogen-bond donors (Lipinski definition) is 5. The molecule has 0 aromatic heterocycles. The van der Waals surface area contributed by atoms with Gasteiger partial charge in [-0.15, -0.1) is 0 Å². The average Bonchev–Trinajstić information content (AvgIpc) is 1.65. The molecule has 7 amide bonds. The number of primary amides is 1. The van der Waals surface area contributed by atoms with Crippen molar-refractivity contribution in [3.63, 3.8) is 0 Å². The number of hydroxylamine groups is 2. The summed E-state index contributed by atoms with van der Waals surface area (Å²) in [6.45, 7) is 19.1. The van der Waals surface area contributed by atoms with Crippen LogP contribution in [0.5, 0.6) is 40.2 Å². The predicted octanol–water partition coefficient (Wildman–Crippen LogP) is 12.1. The number of nitrogens with two attached hydrogens (primary N) is 1. The van der Waals surface area contributed by atoms with Crippen molar-refractivity contribution in [1.82, 2.24) is 26.3 Å². The van der Waals surface area contributed by atoms with Crippen LogP contribution in [0.1, 0.15) is 165 Å². The lowest BCUT2D eigenvalue weighted by Crippen LogP contribution is -2.53. The maximum Gasteiger partial charge on any atom is 0.359 e. The lowest BCUT2D eigenvalue weighted by Gasteiger charge is -2.42. The topological polar surface area (TPSA) is 313 Å². The number of carbonyl (C=O) groups excluding carboxylic acids is 10. The first-order valence-corrected chi connectivity index (χ1v) is 36.9. The highest BCUT2D eigenvalue weighted by Crippen LogP contribution is 2.50. The van der Waals surface area contributed by atoms with E-state index in [4.69, 9.17) is 61.9 Å². The first-order chi connectivity index (χ1) is 47.8. The maximum absolute atomic E-state index is 16.3. The smallest absolute Gasteiger partial charge is 0.359 e. The molecule has 6 aliphatic heterocycles. The van der Waals surface area contributed by atoms with E-state index in [1.54, 1.807) is 50.2 Å². The molecule has 11 bridgehead atoms. The molecule has 532 valence electrons. The molecule has 0 fully saturated rings. The summed E-state index contributed by atoms with van der Waals surface area (Å²) >= 11 is 14.5. The molecular weight excluding hydrogens is 1360 g/mol. The van der Waals surface area contributed by atoms with E-state index in [2.05, 4.69) is 21.3 Å². The maximum atomic E-state index is 16.3. The van der Waals surface area contributed by atoms with E-state index >= 15 is 28.8 Å². The first kappa shape index (κ1) is 74.1. The zero-order valence-corrected chi connectivity index (χ0v) is 60.9. The molecule has 0 unspecified atom stereocenters. The number of methoxy groups -OCH3 is 3. The standard InChI is InChI=1S/C75H82Cl2N6O17Si/c1-14-39(25-36(2)3)68(87)82-65-52(84)31-44(34-60(78)86)69(88)80-63-43-32-58(67(96-11)59(33-43)98-56-24-21-42(30-51(56)77)66(65)100-101(12,13)75(6,7)8)97-55-23-19-40(29-50(55)76)38(5)62-71(90)81-64(74(93)99-83-72(91)45-17-15-16-18-46(45)73(83)92)49-26-37(4)27-57(95-10)61(49)48-28-41(20-22-54(48)94-9)47(35-53(63)85)70(89)79-62/h15-24,26-30,32-33,36,38-39,44,47,62-66H,14,25,31,34-35H2,1-13H3,(H2,78,86)(H,79,89)(H,80,88)(H,81,90)(H,82,87)/t38-,39+,44+,47-,62+,63-,64-,65+,66-/m1/s1. The van der Waals surface area contributed by atoms with E-state index in [1.807, 2.05) is 54.6 Å². The van der Waals surface area contributed by atoms with Gasteiger partial charge in [-0.2, -0.15) is 0 Å². The Balaban J connectivity index is 1.19. The molecule has 6 heterocycles.